The molecule has 5 heteroatoms. The Bertz CT molecular complexity index is 3500. The number of thiophene rings is 1. The second-order valence-electron chi connectivity index (χ2n) is 14.7. The summed E-state index contributed by atoms with van der Waals surface area (Å²) in [7, 11) is 0. The van der Waals surface area contributed by atoms with Crippen LogP contribution >= 0.6 is 11.3 Å². The highest BCUT2D eigenvalue weighted by Gasteiger charge is 2.19. The van der Waals surface area contributed by atoms with E-state index in [0.29, 0.717) is 5.95 Å². The first-order chi connectivity index (χ1) is 28.8. The molecule has 12 aromatic rings. The largest absolute Gasteiger partial charge is 0.278 e. The van der Waals surface area contributed by atoms with Crippen LogP contribution in [0.3, 0.4) is 0 Å². The number of aromatic nitrogens is 4. The Labute approximate surface area is 338 Å². The van der Waals surface area contributed by atoms with Crippen LogP contribution in [0.4, 0.5) is 0 Å². The molecule has 0 spiro atoms. The number of pyridine rings is 1. The summed E-state index contributed by atoms with van der Waals surface area (Å²) in [6, 6.07) is 68.8. The molecule has 0 bridgehead atoms. The first-order valence-corrected chi connectivity index (χ1v) is 20.3. The normalized spacial score (nSPS) is 11.8. The standard InChI is InChI=1S/C53H32N4S/c1-3-14-34(15-4-1)44-32-45(56-53(55-44)57-46-24-11-8-18-38(46)39-19-9-12-25-47(39)57)35-28-26-33(27-29-35)37-21-13-22-42-50-48(58-52(37)42)31-30-41-49(50)40-20-7-10-23-43(40)54-51(41)36-16-5-2-6-17-36/h1-32H. The van der Waals surface area contributed by atoms with Crippen LogP contribution < -0.4 is 0 Å². The van der Waals surface area contributed by atoms with Crippen molar-refractivity contribution in [3.63, 3.8) is 0 Å². The predicted molar refractivity (Wildman–Crippen MR) is 244 cm³/mol. The van der Waals surface area contributed by atoms with Crippen molar-refractivity contribution in [1.29, 1.82) is 0 Å². The topological polar surface area (TPSA) is 43.6 Å². The number of hydrogen-bond donors (Lipinski definition) is 0. The maximum absolute atomic E-state index is 5.28. The average molecular weight is 757 g/mol. The Kier molecular flexibility index (Phi) is 7.37. The van der Waals surface area contributed by atoms with E-state index in [4.69, 9.17) is 15.0 Å². The molecule has 0 N–H and O–H groups in total. The average Bonchev–Trinajstić information content (AvgIpc) is 3.85. The second-order valence-corrected chi connectivity index (χ2v) is 15.8. The molecule has 0 radical (unpaired) electrons. The summed E-state index contributed by atoms with van der Waals surface area (Å²) in [5.74, 6) is 0.651. The molecule has 0 aliphatic carbocycles. The van der Waals surface area contributed by atoms with Crippen molar-refractivity contribution in [3.05, 3.63) is 194 Å². The minimum Gasteiger partial charge on any atom is -0.278 e. The molecule has 270 valence electrons. The molecule has 0 amide bonds. The van der Waals surface area contributed by atoms with Gasteiger partial charge in [0.1, 0.15) is 0 Å². The van der Waals surface area contributed by atoms with Crippen LogP contribution in [0.1, 0.15) is 0 Å². The van der Waals surface area contributed by atoms with Gasteiger partial charge in [0.25, 0.3) is 0 Å². The summed E-state index contributed by atoms with van der Waals surface area (Å²) in [6.07, 6.45) is 0. The maximum Gasteiger partial charge on any atom is 0.235 e. The van der Waals surface area contributed by atoms with Gasteiger partial charge < -0.3 is 0 Å². The molecule has 4 nitrogen and oxygen atoms in total. The molecule has 0 fully saturated rings. The number of hydrogen-bond acceptors (Lipinski definition) is 4. The highest BCUT2D eigenvalue weighted by atomic mass is 32.1. The Morgan fingerprint density at radius 1 is 0.379 bits per heavy atom. The fourth-order valence-corrected chi connectivity index (χ4v) is 10.0. The van der Waals surface area contributed by atoms with Crippen LogP contribution in [0, 0.1) is 0 Å². The zero-order valence-corrected chi connectivity index (χ0v) is 32.0. The molecule has 0 saturated carbocycles. The second kappa shape index (κ2) is 13.1. The third kappa shape index (κ3) is 5.11. The van der Waals surface area contributed by atoms with Gasteiger partial charge in [0.15, 0.2) is 0 Å². The highest BCUT2D eigenvalue weighted by Crippen LogP contribution is 2.46. The molecular weight excluding hydrogens is 725 g/mol. The van der Waals surface area contributed by atoms with Gasteiger partial charge in [-0.2, -0.15) is 0 Å². The van der Waals surface area contributed by atoms with Crippen molar-refractivity contribution < 1.29 is 0 Å². The summed E-state index contributed by atoms with van der Waals surface area (Å²) >= 11 is 1.87. The minimum atomic E-state index is 0.651. The molecule has 12 rings (SSSR count). The van der Waals surface area contributed by atoms with E-state index >= 15 is 0 Å². The Hall–Kier alpha value is -7.47. The zero-order chi connectivity index (χ0) is 38.2. The number of rotatable bonds is 5. The van der Waals surface area contributed by atoms with Crippen LogP contribution in [0.25, 0.3) is 115 Å². The van der Waals surface area contributed by atoms with Crippen molar-refractivity contribution in [2.24, 2.45) is 0 Å². The molecule has 0 aliphatic rings. The van der Waals surface area contributed by atoms with Gasteiger partial charge in [-0.1, -0.05) is 164 Å². The zero-order valence-electron chi connectivity index (χ0n) is 31.2. The fraction of sp³-hybridized carbons (Fsp3) is 0. The molecular formula is C53H32N4S. The van der Waals surface area contributed by atoms with Gasteiger partial charge in [0.05, 0.1) is 33.6 Å². The van der Waals surface area contributed by atoms with Gasteiger partial charge in [-0.15, -0.1) is 11.3 Å². The van der Waals surface area contributed by atoms with Crippen molar-refractivity contribution >= 4 is 75.0 Å². The molecule has 8 aromatic carbocycles. The van der Waals surface area contributed by atoms with Crippen LogP contribution in [0.15, 0.2) is 194 Å². The van der Waals surface area contributed by atoms with Gasteiger partial charge in [0.2, 0.25) is 5.95 Å². The lowest BCUT2D eigenvalue weighted by Crippen LogP contribution is -2.03. The molecule has 0 saturated heterocycles. The summed E-state index contributed by atoms with van der Waals surface area (Å²) in [5, 5.41) is 8.53. The van der Waals surface area contributed by atoms with Crippen molar-refractivity contribution in [2.45, 2.75) is 0 Å². The minimum absolute atomic E-state index is 0.651. The van der Waals surface area contributed by atoms with E-state index < -0.39 is 0 Å². The first-order valence-electron chi connectivity index (χ1n) is 19.5. The molecule has 4 aromatic heterocycles. The smallest absolute Gasteiger partial charge is 0.235 e. The molecule has 58 heavy (non-hydrogen) atoms. The number of fused-ring (bicyclic) bond motifs is 10. The molecule has 0 aliphatic heterocycles. The van der Waals surface area contributed by atoms with Gasteiger partial charge in [-0.05, 0) is 41.5 Å². The Balaban J connectivity index is 1.02. The lowest BCUT2D eigenvalue weighted by molar-refractivity contribution is 0.995. The Morgan fingerprint density at radius 3 is 1.66 bits per heavy atom. The molecule has 4 heterocycles. The fourth-order valence-electron chi connectivity index (χ4n) is 8.77. The first kappa shape index (κ1) is 32.7. The molecule has 0 atom stereocenters. The van der Waals surface area contributed by atoms with E-state index in [0.717, 1.165) is 50.3 Å². The van der Waals surface area contributed by atoms with Gasteiger partial charge in [-0.3, -0.25) is 4.57 Å². The third-order valence-electron chi connectivity index (χ3n) is 11.4. The van der Waals surface area contributed by atoms with Crippen LogP contribution in [-0.4, -0.2) is 19.5 Å². The van der Waals surface area contributed by atoms with E-state index in [1.54, 1.807) is 0 Å². The maximum atomic E-state index is 5.28. The number of benzene rings is 8. The highest BCUT2D eigenvalue weighted by molar-refractivity contribution is 7.26. The van der Waals surface area contributed by atoms with Gasteiger partial charge >= 0.3 is 0 Å². The van der Waals surface area contributed by atoms with E-state index in [1.165, 1.54) is 58.2 Å². The monoisotopic (exact) mass is 756 g/mol. The van der Waals surface area contributed by atoms with E-state index in [2.05, 4.69) is 193 Å². The quantitative estimate of drug-likeness (QED) is 0.164. The van der Waals surface area contributed by atoms with Gasteiger partial charge in [0, 0.05) is 63.8 Å². The number of nitrogens with zero attached hydrogens (tertiary/aromatic N) is 4. The van der Waals surface area contributed by atoms with Crippen LogP contribution in [-0.2, 0) is 0 Å². The van der Waals surface area contributed by atoms with E-state index in [9.17, 15) is 0 Å². The predicted octanol–water partition coefficient (Wildman–Crippen LogP) is 14.3. The van der Waals surface area contributed by atoms with Crippen LogP contribution in [0.5, 0.6) is 0 Å². The van der Waals surface area contributed by atoms with Gasteiger partial charge in [-0.25, -0.2) is 15.0 Å². The Morgan fingerprint density at radius 2 is 0.948 bits per heavy atom. The third-order valence-corrected chi connectivity index (χ3v) is 12.6. The van der Waals surface area contributed by atoms with E-state index in [1.807, 2.05) is 17.4 Å². The van der Waals surface area contributed by atoms with Crippen LogP contribution in [0.2, 0.25) is 0 Å². The number of para-hydroxylation sites is 3. The lowest BCUT2D eigenvalue weighted by Gasteiger charge is -2.12. The SMILES string of the molecule is c1ccc(-c2cc(-c3ccc(-c4cccc5c4sc4ccc6c(-c7ccccc7)nc7ccccc7c6c45)cc3)nc(-n3c4ccccc4c4ccccc43)n2)cc1. The summed E-state index contributed by atoms with van der Waals surface area (Å²) < 4.78 is 4.75. The van der Waals surface area contributed by atoms with Crippen molar-refractivity contribution in [2.75, 3.05) is 0 Å². The summed E-state index contributed by atoms with van der Waals surface area (Å²) in [5.41, 5.74) is 11.5. The summed E-state index contributed by atoms with van der Waals surface area (Å²) in [4.78, 5) is 15.7. The molecule has 0 unspecified atom stereocenters. The van der Waals surface area contributed by atoms with Crippen molar-refractivity contribution in [3.8, 4) is 50.8 Å². The van der Waals surface area contributed by atoms with Crippen molar-refractivity contribution in [1.82, 2.24) is 19.5 Å². The lowest BCUT2D eigenvalue weighted by atomic mass is 9.95. The van der Waals surface area contributed by atoms with E-state index in [-0.39, 0.29) is 0 Å². The summed E-state index contributed by atoms with van der Waals surface area (Å²) in [6.45, 7) is 0.